The Kier molecular flexibility index (Phi) is 4.46. The average Bonchev–Trinajstić information content (AvgIpc) is 3.25. The van der Waals surface area contributed by atoms with Crippen LogP contribution >= 0.6 is 11.8 Å². The van der Waals surface area contributed by atoms with Gasteiger partial charge in [0.2, 0.25) is 5.16 Å². The van der Waals surface area contributed by atoms with Gasteiger partial charge >= 0.3 is 0 Å². The highest BCUT2D eigenvalue weighted by atomic mass is 32.2. The molecule has 6 nitrogen and oxygen atoms in total. The maximum Gasteiger partial charge on any atom is 0.212 e. The van der Waals surface area contributed by atoms with Crippen LogP contribution in [0.15, 0.2) is 41.6 Å². The zero-order valence-electron chi connectivity index (χ0n) is 13.4. The molecule has 0 amide bonds. The molecule has 24 heavy (non-hydrogen) atoms. The fourth-order valence-corrected chi connectivity index (χ4v) is 3.41. The van der Waals surface area contributed by atoms with E-state index in [-0.39, 0.29) is 6.29 Å². The summed E-state index contributed by atoms with van der Waals surface area (Å²) in [4.78, 5) is 0. The Bertz CT molecular complexity index is 828. The highest BCUT2D eigenvalue weighted by Gasteiger charge is 2.16. The maximum atomic E-state index is 5.45. The summed E-state index contributed by atoms with van der Waals surface area (Å²) < 4.78 is 12.7. The smallest absolute Gasteiger partial charge is 0.212 e. The van der Waals surface area contributed by atoms with Crippen LogP contribution in [0.4, 0.5) is 0 Å². The highest BCUT2D eigenvalue weighted by molar-refractivity contribution is 7.99. The number of hydrogen-bond acceptors (Lipinski definition) is 6. The second-order valence-electron chi connectivity index (χ2n) is 5.65. The number of aryl methyl sites for hydroxylation is 1. The third kappa shape index (κ3) is 3.28. The van der Waals surface area contributed by atoms with Crippen molar-refractivity contribution in [1.82, 2.24) is 19.8 Å². The molecule has 0 N–H and O–H groups in total. The van der Waals surface area contributed by atoms with Crippen molar-refractivity contribution in [2.75, 3.05) is 19.0 Å². The van der Waals surface area contributed by atoms with Crippen LogP contribution < -0.4 is 0 Å². The third-order valence-corrected chi connectivity index (χ3v) is 4.81. The number of hydrogen-bond donors (Lipinski definition) is 0. The Balaban J connectivity index is 1.53. The van der Waals surface area contributed by atoms with Crippen molar-refractivity contribution in [1.29, 1.82) is 0 Å². The predicted octanol–water partition coefficient (Wildman–Crippen LogP) is 2.95. The lowest BCUT2D eigenvalue weighted by atomic mass is 10.1. The molecule has 1 aliphatic heterocycles. The lowest BCUT2D eigenvalue weighted by molar-refractivity contribution is -0.0421. The van der Waals surface area contributed by atoms with Gasteiger partial charge < -0.3 is 9.47 Å². The molecule has 0 unspecified atom stereocenters. The Morgan fingerprint density at radius 2 is 1.88 bits per heavy atom. The van der Waals surface area contributed by atoms with E-state index in [0.717, 1.165) is 34.2 Å². The molecule has 4 rings (SSSR count). The van der Waals surface area contributed by atoms with Gasteiger partial charge in [-0.1, -0.05) is 41.6 Å². The van der Waals surface area contributed by atoms with Crippen molar-refractivity contribution in [3.63, 3.8) is 0 Å². The summed E-state index contributed by atoms with van der Waals surface area (Å²) in [6.07, 6.45) is 0.741. The SMILES string of the molecule is Cc1ccc(-c2ccc3nnc(SCCC4OCCO4)n3n2)cc1. The predicted molar refractivity (Wildman–Crippen MR) is 92.0 cm³/mol. The minimum absolute atomic E-state index is 0.0900. The van der Waals surface area contributed by atoms with Gasteiger partial charge in [0, 0.05) is 17.7 Å². The molecular formula is C17H18N4O2S. The second kappa shape index (κ2) is 6.88. The van der Waals surface area contributed by atoms with Gasteiger partial charge in [-0.2, -0.15) is 9.61 Å². The number of benzene rings is 1. The van der Waals surface area contributed by atoms with Gasteiger partial charge in [-0.15, -0.1) is 10.2 Å². The fraction of sp³-hybridized carbons (Fsp3) is 0.353. The molecule has 0 saturated carbocycles. The number of thioether (sulfide) groups is 1. The van der Waals surface area contributed by atoms with E-state index in [1.165, 1.54) is 5.56 Å². The van der Waals surface area contributed by atoms with E-state index >= 15 is 0 Å². The molecule has 7 heteroatoms. The molecular weight excluding hydrogens is 324 g/mol. The van der Waals surface area contributed by atoms with Crippen LogP contribution in [-0.2, 0) is 9.47 Å². The molecule has 3 aromatic rings. The monoisotopic (exact) mass is 342 g/mol. The van der Waals surface area contributed by atoms with Crippen LogP contribution in [0, 0.1) is 6.92 Å². The van der Waals surface area contributed by atoms with Crippen LogP contribution in [0.2, 0.25) is 0 Å². The molecule has 0 spiro atoms. The quantitative estimate of drug-likeness (QED) is 0.664. The average molecular weight is 342 g/mol. The number of rotatable bonds is 5. The summed E-state index contributed by atoms with van der Waals surface area (Å²) in [5.41, 5.74) is 3.98. The maximum absolute atomic E-state index is 5.45. The molecule has 0 bridgehead atoms. The van der Waals surface area contributed by atoms with Crippen LogP contribution in [0.25, 0.3) is 16.9 Å². The summed E-state index contributed by atoms with van der Waals surface area (Å²) >= 11 is 1.62. The molecule has 1 aromatic carbocycles. The lowest BCUT2D eigenvalue weighted by Crippen LogP contribution is -2.08. The molecule has 1 fully saturated rings. The summed E-state index contributed by atoms with van der Waals surface area (Å²) in [6.45, 7) is 3.45. The number of fused-ring (bicyclic) bond motifs is 1. The van der Waals surface area contributed by atoms with E-state index in [1.54, 1.807) is 16.3 Å². The summed E-state index contributed by atoms with van der Waals surface area (Å²) in [7, 11) is 0. The van der Waals surface area contributed by atoms with E-state index in [1.807, 2.05) is 12.1 Å². The van der Waals surface area contributed by atoms with Gasteiger partial charge in [0.15, 0.2) is 11.9 Å². The molecule has 3 heterocycles. The number of ether oxygens (including phenoxy) is 2. The molecule has 2 aromatic heterocycles. The summed E-state index contributed by atoms with van der Waals surface area (Å²) in [6, 6.07) is 12.3. The first-order valence-corrected chi connectivity index (χ1v) is 8.94. The first-order chi connectivity index (χ1) is 11.8. The van der Waals surface area contributed by atoms with Crippen LogP contribution in [0.5, 0.6) is 0 Å². The Hall–Kier alpha value is -1.96. The van der Waals surface area contributed by atoms with E-state index in [0.29, 0.717) is 13.2 Å². The topological polar surface area (TPSA) is 61.5 Å². The zero-order valence-corrected chi connectivity index (χ0v) is 14.2. The molecule has 1 aliphatic rings. The van der Waals surface area contributed by atoms with E-state index in [9.17, 15) is 0 Å². The van der Waals surface area contributed by atoms with Gasteiger partial charge in [0.1, 0.15) is 0 Å². The van der Waals surface area contributed by atoms with Crippen molar-refractivity contribution in [3.05, 3.63) is 42.0 Å². The first-order valence-electron chi connectivity index (χ1n) is 7.95. The molecule has 0 radical (unpaired) electrons. The van der Waals surface area contributed by atoms with Crippen LogP contribution in [-0.4, -0.2) is 45.1 Å². The van der Waals surface area contributed by atoms with E-state index in [4.69, 9.17) is 14.6 Å². The Morgan fingerprint density at radius 3 is 2.67 bits per heavy atom. The van der Waals surface area contributed by atoms with Crippen molar-refractivity contribution in [2.24, 2.45) is 0 Å². The Labute approximate surface area is 144 Å². The van der Waals surface area contributed by atoms with Crippen LogP contribution in [0.1, 0.15) is 12.0 Å². The van der Waals surface area contributed by atoms with Crippen molar-refractivity contribution >= 4 is 17.4 Å². The number of nitrogens with zero attached hydrogens (tertiary/aromatic N) is 4. The molecule has 0 atom stereocenters. The Morgan fingerprint density at radius 1 is 1.08 bits per heavy atom. The van der Waals surface area contributed by atoms with Crippen molar-refractivity contribution in [2.45, 2.75) is 24.8 Å². The van der Waals surface area contributed by atoms with Gasteiger partial charge in [-0.05, 0) is 19.1 Å². The minimum Gasteiger partial charge on any atom is -0.350 e. The molecule has 124 valence electrons. The lowest BCUT2D eigenvalue weighted by Gasteiger charge is -2.07. The van der Waals surface area contributed by atoms with Crippen molar-refractivity contribution < 1.29 is 9.47 Å². The van der Waals surface area contributed by atoms with E-state index in [2.05, 4.69) is 41.4 Å². The largest absolute Gasteiger partial charge is 0.350 e. The van der Waals surface area contributed by atoms with Gasteiger partial charge in [-0.3, -0.25) is 0 Å². The van der Waals surface area contributed by atoms with Crippen molar-refractivity contribution in [3.8, 4) is 11.3 Å². The molecule has 1 saturated heterocycles. The minimum atomic E-state index is -0.0900. The van der Waals surface area contributed by atoms with Crippen LogP contribution in [0.3, 0.4) is 0 Å². The van der Waals surface area contributed by atoms with Gasteiger partial charge in [0.05, 0.1) is 18.9 Å². The zero-order chi connectivity index (χ0) is 16.4. The third-order valence-electron chi connectivity index (χ3n) is 3.86. The second-order valence-corrected chi connectivity index (χ2v) is 6.71. The first kappa shape index (κ1) is 15.6. The van der Waals surface area contributed by atoms with Gasteiger partial charge in [0.25, 0.3) is 0 Å². The molecule has 0 aliphatic carbocycles. The highest BCUT2D eigenvalue weighted by Crippen LogP contribution is 2.22. The summed E-state index contributed by atoms with van der Waals surface area (Å²) in [5.74, 6) is 0.849. The summed E-state index contributed by atoms with van der Waals surface area (Å²) in [5, 5.41) is 13.9. The standard InChI is InChI=1S/C17H18N4O2S/c1-12-2-4-13(5-3-12)14-6-7-15-18-19-17(21(15)20-14)24-11-8-16-22-9-10-23-16/h2-7,16H,8-11H2,1H3. The van der Waals surface area contributed by atoms with E-state index < -0.39 is 0 Å². The number of aromatic nitrogens is 4. The van der Waals surface area contributed by atoms with Gasteiger partial charge in [-0.25, -0.2) is 0 Å². The normalized spacial score (nSPS) is 15.4. The fourth-order valence-electron chi connectivity index (χ4n) is 2.56.